The number of nitrogens with one attached hydrogen (secondary N) is 2. The van der Waals surface area contributed by atoms with Crippen molar-refractivity contribution in [2.24, 2.45) is 0 Å². The summed E-state index contributed by atoms with van der Waals surface area (Å²) in [5.41, 5.74) is 3.13. The van der Waals surface area contributed by atoms with Crippen LogP contribution in [0.4, 0.5) is 22.2 Å². The third kappa shape index (κ3) is 5.24. The highest BCUT2D eigenvalue weighted by Gasteiger charge is 2.39. The molecule has 0 spiro atoms. The van der Waals surface area contributed by atoms with Gasteiger partial charge >= 0.3 is 0 Å². The van der Waals surface area contributed by atoms with E-state index >= 15 is 0 Å². The van der Waals surface area contributed by atoms with Crippen molar-refractivity contribution in [3.8, 4) is 11.3 Å². The molecule has 3 amide bonds. The molecule has 0 fully saturated rings. The van der Waals surface area contributed by atoms with E-state index in [2.05, 4.69) is 15.6 Å². The van der Waals surface area contributed by atoms with Crippen LogP contribution in [0, 0.1) is 12.1 Å². The molecule has 0 unspecified atom stereocenters. The summed E-state index contributed by atoms with van der Waals surface area (Å²) in [5, 5.41) is 27.2. The smallest absolute Gasteiger partial charge is 0.283 e. The van der Waals surface area contributed by atoms with Gasteiger partial charge in [-0.1, -0.05) is 48.0 Å². The molecule has 0 radical (unpaired) electrons. The van der Waals surface area contributed by atoms with Crippen LogP contribution in [0.3, 0.4) is 0 Å². The minimum atomic E-state index is -0.636. The number of nitrogens with zero attached hydrogens (tertiary/aromatic N) is 3. The molecule has 39 heavy (non-hydrogen) atoms. The largest absolute Gasteiger partial charge is 0.733 e. The second-order valence-corrected chi connectivity index (χ2v) is 9.67. The number of halogens is 1. The van der Waals surface area contributed by atoms with Crippen LogP contribution in [0.2, 0.25) is 0 Å². The van der Waals surface area contributed by atoms with Crippen molar-refractivity contribution in [1.82, 2.24) is 4.98 Å². The number of carbonyl (C=O) groups excluding carboxylic acids is 3. The van der Waals surface area contributed by atoms with Crippen molar-refractivity contribution in [2.75, 3.05) is 20.8 Å². The third-order valence-electron chi connectivity index (χ3n) is 5.89. The Hall–Kier alpha value is -4.55. The van der Waals surface area contributed by atoms with Crippen LogP contribution < -0.4 is 20.8 Å². The van der Waals surface area contributed by atoms with Crippen LogP contribution >= 0.6 is 22.9 Å². The van der Waals surface area contributed by atoms with Crippen molar-refractivity contribution in [3.63, 3.8) is 0 Å². The van der Waals surface area contributed by atoms with Crippen molar-refractivity contribution in [3.05, 3.63) is 105 Å². The van der Waals surface area contributed by atoms with E-state index < -0.39 is 17.7 Å². The summed E-state index contributed by atoms with van der Waals surface area (Å²) in [6.07, 6.45) is 0. The molecule has 4 aromatic rings. The van der Waals surface area contributed by atoms with E-state index in [1.54, 1.807) is 66.9 Å². The van der Waals surface area contributed by atoms with Gasteiger partial charge < -0.3 is 15.8 Å². The Balaban J connectivity index is 1.30. The van der Waals surface area contributed by atoms with E-state index in [0.29, 0.717) is 27.8 Å². The highest BCUT2D eigenvalue weighted by molar-refractivity contribution is 7.14. The molecule has 3 N–H and O–H groups in total. The predicted molar refractivity (Wildman–Crippen MR) is 150 cm³/mol. The zero-order valence-electron chi connectivity index (χ0n) is 20.2. The van der Waals surface area contributed by atoms with Crippen molar-refractivity contribution in [1.29, 1.82) is 0 Å². The summed E-state index contributed by atoms with van der Waals surface area (Å²) < 4.78 is 0. The van der Waals surface area contributed by atoms with E-state index in [1.807, 2.05) is 0 Å². The van der Waals surface area contributed by atoms with Crippen molar-refractivity contribution >= 4 is 62.9 Å². The van der Waals surface area contributed by atoms with E-state index in [4.69, 9.17) is 16.8 Å². The molecule has 0 atom stereocenters. The molecule has 12 heteroatoms. The molecule has 3 aromatic carbocycles. The molecule has 0 aliphatic carbocycles. The maximum atomic E-state index is 13.1. The first kappa shape index (κ1) is 26.1. The van der Waals surface area contributed by atoms with E-state index in [9.17, 15) is 19.6 Å². The van der Waals surface area contributed by atoms with Gasteiger partial charge in [0, 0.05) is 22.2 Å². The number of hydrogen-bond donors (Lipinski definition) is 3. The van der Waals surface area contributed by atoms with Gasteiger partial charge in [0.1, 0.15) is 10.7 Å². The van der Waals surface area contributed by atoms with E-state index in [-0.39, 0.29) is 27.2 Å². The quantitative estimate of drug-likeness (QED) is 0.199. The number of rotatable bonds is 7. The van der Waals surface area contributed by atoms with Gasteiger partial charge in [0.05, 0.1) is 17.1 Å². The Kier molecular flexibility index (Phi) is 7.13. The number of anilines is 4. The average molecular weight is 561 g/mol. The van der Waals surface area contributed by atoms with Gasteiger partial charge in [-0.05, 0) is 48.9 Å². The van der Waals surface area contributed by atoms with Crippen LogP contribution in [0.5, 0.6) is 0 Å². The fraction of sp³-hybridized carbons (Fsp3) is 0.0370. The lowest BCUT2D eigenvalue weighted by Crippen LogP contribution is -2.32. The fourth-order valence-electron chi connectivity index (χ4n) is 3.92. The maximum absolute atomic E-state index is 13.1. The first-order valence-electron chi connectivity index (χ1n) is 11.5. The highest BCUT2D eigenvalue weighted by atomic mass is 35.5. The van der Waals surface area contributed by atoms with Crippen LogP contribution in [0.25, 0.3) is 11.3 Å². The molecule has 1 aromatic heterocycles. The first-order valence-corrected chi connectivity index (χ1v) is 12.7. The molecule has 1 aliphatic heterocycles. The van der Waals surface area contributed by atoms with E-state index in [0.717, 1.165) is 10.5 Å². The molecule has 1 aliphatic rings. The second-order valence-electron chi connectivity index (χ2n) is 8.44. The number of aryl methyl sites for hydroxylation is 1. The first-order chi connectivity index (χ1) is 18.7. The summed E-state index contributed by atoms with van der Waals surface area (Å²) in [6, 6.07) is 19.5. The van der Waals surface area contributed by atoms with Crippen molar-refractivity contribution < 1.29 is 19.6 Å². The molecule has 2 heterocycles. The number of hydrogen-bond acceptors (Lipinski definition) is 9. The molecular formula is C27H19ClN5O5S-. The molecule has 10 nitrogen and oxygen atoms in total. The minimum Gasteiger partial charge on any atom is -0.733 e. The summed E-state index contributed by atoms with van der Waals surface area (Å²) in [6.45, 7) is 1.79. The lowest BCUT2D eigenvalue weighted by atomic mass is 10.1. The minimum absolute atomic E-state index is 0.0830. The number of imide groups is 1. The third-order valence-corrected chi connectivity index (χ3v) is 6.99. The van der Waals surface area contributed by atoms with E-state index in [1.165, 1.54) is 29.5 Å². The standard InChI is InChI=1S/C27H19ClN5O5S/c1-15-5-2-3-8-21(15)32-25(35)22(28)23(26(32)36)29-18-7-4-6-17(13-18)24(34)31-27-30-20(14-39-27)16-9-11-19(12-10-16)33(37)38/h2-14,29,37H,1H3,(H,30,31,34)/q-1. The Morgan fingerprint density at radius 1 is 1.05 bits per heavy atom. The van der Waals surface area contributed by atoms with Crippen LogP contribution in [-0.2, 0) is 9.59 Å². The van der Waals surface area contributed by atoms with Gasteiger partial charge in [0.15, 0.2) is 5.13 Å². The monoisotopic (exact) mass is 560 g/mol. The van der Waals surface area contributed by atoms with Crippen LogP contribution in [-0.4, -0.2) is 27.9 Å². The highest BCUT2D eigenvalue weighted by Crippen LogP contribution is 2.32. The molecule has 0 saturated heterocycles. The van der Waals surface area contributed by atoms with Gasteiger partial charge in [-0.15, -0.1) is 11.3 Å². The second kappa shape index (κ2) is 10.7. The van der Waals surface area contributed by atoms with Gasteiger partial charge in [0.2, 0.25) is 0 Å². The van der Waals surface area contributed by atoms with Crippen LogP contribution in [0.15, 0.2) is 88.9 Å². The number of benzene rings is 3. The molecule has 0 saturated carbocycles. The summed E-state index contributed by atoms with van der Waals surface area (Å²) >= 11 is 7.46. The number of carbonyl (C=O) groups is 3. The molecular weight excluding hydrogens is 542 g/mol. The fourth-order valence-corrected chi connectivity index (χ4v) is 4.85. The SMILES string of the molecule is Cc1ccccc1N1C(=O)C(Cl)=C(Nc2cccc(C(=O)Nc3nc(-c4ccc(N([O-])O)cc4)cs3)c2)C1=O. The summed E-state index contributed by atoms with van der Waals surface area (Å²) in [7, 11) is 0. The number of para-hydroxylation sites is 1. The predicted octanol–water partition coefficient (Wildman–Crippen LogP) is 5.50. The number of thiazole rings is 1. The van der Waals surface area contributed by atoms with Crippen molar-refractivity contribution in [2.45, 2.75) is 6.92 Å². The van der Waals surface area contributed by atoms with Gasteiger partial charge in [-0.3, -0.25) is 24.9 Å². The molecule has 5 rings (SSSR count). The Morgan fingerprint density at radius 2 is 1.79 bits per heavy atom. The van der Waals surface area contributed by atoms with Crippen LogP contribution in [0.1, 0.15) is 15.9 Å². The number of amides is 3. The maximum Gasteiger partial charge on any atom is 0.283 e. The Morgan fingerprint density at radius 3 is 2.51 bits per heavy atom. The van der Waals surface area contributed by atoms with Gasteiger partial charge in [-0.2, -0.15) is 0 Å². The molecule has 0 bridgehead atoms. The Labute approximate surface area is 231 Å². The molecule has 196 valence electrons. The average Bonchev–Trinajstić information content (AvgIpc) is 3.48. The summed E-state index contributed by atoms with van der Waals surface area (Å²) in [5.74, 6) is -1.67. The van der Waals surface area contributed by atoms with Gasteiger partial charge in [-0.25, -0.2) is 9.88 Å². The summed E-state index contributed by atoms with van der Waals surface area (Å²) in [4.78, 5) is 44.2. The lowest BCUT2D eigenvalue weighted by molar-refractivity contribution is -0.120. The lowest BCUT2D eigenvalue weighted by Gasteiger charge is -2.21. The normalized spacial score (nSPS) is 13.2. The zero-order chi connectivity index (χ0) is 27.7. The number of aromatic nitrogens is 1. The van der Waals surface area contributed by atoms with Gasteiger partial charge in [0.25, 0.3) is 17.7 Å². The zero-order valence-corrected chi connectivity index (χ0v) is 21.8. The Bertz CT molecular complexity index is 1630. The topological polar surface area (TPSA) is 138 Å².